The number of ether oxygens (including phenoxy) is 1. The second kappa shape index (κ2) is 11.3. The molecule has 3 rings (SSSR count). The van der Waals surface area contributed by atoms with Gasteiger partial charge in [0.15, 0.2) is 5.82 Å². The lowest BCUT2D eigenvalue weighted by atomic mass is 10.1. The summed E-state index contributed by atoms with van der Waals surface area (Å²) in [5, 5.41) is 3.42. The lowest BCUT2D eigenvalue weighted by Crippen LogP contribution is -2.49. The summed E-state index contributed by atoms with van der Waals surface area (Å²) in [5.74, 6) is -1.90. The Morgan fingerprint density at radius 3 is 2.43 bits per heavy atom. The van der Waals surface area contributed by atoms with Gasteiger partial charge in [0.05, 0.1) is 23.4 Å². The van der Waals surface area contributed by atoms with Crippen molar-refractivity contribution in [1.29, 1.82) is 0 Å². The van der Waals surface area contributed by atoms with Crippen LogP contribution in [-0.4, -0.2) is 45.5 Å². The van der Waals surface area contributed by atoms with E-state index in [9.17, 15) is 19.2 Å². The molecule has 0 aliphatic heterocycles. The van der Waals surface area contributed by atoms with Crippen LogP contribution in [0.5, 0.6) is 0 Å². The van der Waals surface area contributed by atoms with Crippen LogP contribution in [-0.2, 0) is 9.53 Å². The van der Waals surface area contributed by atoms with E-state index in [4.69, 9.17) is 11.6 Å². The first-order valence-corrected chi connectivity index (χ1v) is 12.3. The molecule has 0 bridgehead atoms. The Balaban J connectivity index is 2.00. The van der Waals surface area contributed by atoms with Crippen molar-refractivity contribution >= 4 is 88.9 Å². The fourth-order valence-electron chi connectivity index (χ4n) is 2.90. The van der Waals surface area contributed by atoms with Crippen molar-refractivity contribution in [3.63, 3.8) is 0 Å². The molecular formula is C21H15Br3ClN5O5. The highest BCUT2D eigenvalue weighted by molar-refractivity contribution is 9.11. The number of aromatic nitrogens is 2. The van der Waals surface area contributed by atoms with Gasteiger partial charge in [0.1, 0.15) is 5.69 Å². The van der Waals surface area contributed by atoms with Crippen LogP contribution in [0.15, 0.2) is 56.1 Å². The minimum atomic E-state index is -1.08. The Hall–Kier alpha value is -2.74. The zero-order chi connectivity index (χ0) is 25.9. The van der Waals surface area contributed by atoms with Gasteiger partial charge in [-0.1, -0.05) is 27.5 Å². The van der Waals surface area contributed by atoms with E-state index in [1.165, 1.54) is 16.8 Å². The predicted molar refractivity (Wildman–Crippen MR) is 138 cm³/mol. The summed E-state index contributed by atoms with van der Waals surface area (Å²) in [5.41, 5.74) is 2.37. The van der Waals surface area contributed by atoms with E-state index >= 15 is 0 Å². The van der Waals surface area contributed by atoms with Crippen molar-refractivity contribution in [2.45, 2.75) is 6.92 Å². The third-order valence-electron chi connectivity index (χ3n) is 4.41. The van der Waals surface area contributed by atoms with Crippen LogP contribution in [0, 0.1) is 0 Å². The summed E-state index contributed by atoms with van der Waals surface area (Å²) in [4.78, 5) is 54.2. The molecule has 0 radical (unpaired) electrons. The van der Waals surface area contributed by atoms with Gasteiger partial charge in [-0.3, -0.25) is 24.4 Å². The summed E-state index contributed by atoms with van der Waals surface area (Å²) in [7, 11) is 1.06. The fraction of sp³-hybridized carbons (Fsp3) is 0.0952. The van der Waals surface area contributed by atoms with Gasteiger partial charge in [0.25, 0.3) is 11.8 Å². The maximum absolute atomic E-state index is 13.3. The molecule has 0 atom stereocenters. The lowest BCUT2D eigenvalue weighted by Gasteiger charge is -2.20. The molecule has 1 aromatic carbocycles. The van der Waals surface area contributed by atoms with Crippen molar-refractivity contribution in [1.82, 2.24) is 20.0 Å². The highest BCUT2D eigenvalue weighted by atomic mass is 79.9. The van der Waals surface area contributed by atoms with E-state index in [0.717, 1.165) is 14.0 Å². The van der Waals surface area contributed by atoms with Crippen LogP contribution >= 0.6 is 59.4 Å². The number of nitrogens with one attached hydrogen (secondary N) is 2. The van der Waals surface area contributed by atoms with Gasteiger partial charge in [0.2, 0.25) is 5.91 Å². The Labute approximate surface area is 229 Å². The number of methoxy groups -OCH3 is 1. The zero-order valence-electron chi connectivity index (χ0n) is 17.9. The Morgan fingerprint density at radius 1 is 1.09 bits per heavy atom. The first-order valence-electron chi connectivity index (χ1n) is 9.52. The summed E-state index contributed by atoms with van der Waals surface area (Å²) in [6.07, 6.45) is 2.07. The standard InChI is InChI=1S/C21H15Br3ClN5O5/c1-10(31)30(21(34)35-2)28-19(32)13-6-11(22)7-14(24)17(13)27-20(33)16-8-12(23)9-29(16)18-15(25)4-3-5-26-18/h3-9H,1-2H3,(H,27,33)(H,28,32). The molecular weight excluding hydrogens is 677 g/mol. The second-order valence-electron chi connectivity index (χ2n) is 6.75. The Morgan fingerprint density at radius 2 is 1.80 bits per heavy atom. The quantitative estimate of drug-likeness (QED) is 0.357. The van der Waals surface area contributed by atoms with Gasteiger partial charge in [0, 0.05) is 32.7 Å². The van der Waals surface area contributed by atoms with Gasteiger partial charge in [-0.15, -0.1) is 0 Å². The van der Waals surface area contributed by atoms with Gasteiger partial charge in [-0.2, -0.15) is 5.01 Å². The predicted octanol–water partition coefficient (Wildman–Crippen LogP) is 5.33. The molecule has 0 spiro atoms. The topological polar surface area (TPSA) is 123 Å². The van der Waals surface area contributed by atoms with Crippen LogP contribution < -0.4 is 10.7 Å². The summed E-state index contributed by atoms with van der Waals surface area (Å²) in [6.45, 7) is 1.07. The Bertz CT molecular complexity index is 1350. The number of imide groups is 1. The van der Waals surface area contributed by atoms with Crippen LogP contribution in [0.2, 0.25) is 5.02 Å². The summed E-state index contributed by atoms with van der Waals surface area (Å²) >= 11 is 16.2. The summed E-state index contributed by atoms with van der Waals surface area (Å²) < 4.78 is 7.44. The molecule has 3 aromatic rings. The van der Waals surface area contributed by atoms with Crippen molar-refractivity contribution in [3.8, 4) is 5.82 Å². The van der Waals surface area contributed by atoms with Crippen LogP contribution in [0.1, 0.15) is 27.8 Å². The van der Waals surface area contributed by atoms with E-state index in [2.05, 4.69) is 68.3 Å². The monoisotopic (exact) mass is 689 g/mol. The van der Waals surface area contributed by atoms with E-state index in [1.54, 1.807) is 30.5 Å². The molecule has 2 aromatic heterocycles. The molecule has 0 saturated carbocycles. The highest BCUT2D eigenvalue weighted by Crippen LogP contribution is 2.32. The number of nitrogens with zero attached hydrogens (tertiary/aromatic N) is 3. The average Bonchev–Trinajstić information content (AvgIpc) is 3.19. The van der Waals surface area contributed by atoms with Crippen LogP contribution in [0.4, 0.5) is 10.5 Å². The molecule has 0 saturated heterocycles. The number of anilines is 1. The van der Waals surface area contributed by atoms with Gasteiger partial charge < -0.3 is 10.1 Å². The van der Waals surface area contributed by atoms with Gasteiger partial charge >= 0.3 is 6.09 Å². The van der Waals surface area contributed by atoms with Gasteiger partial charge in [-0.25, -0.2) is 9.78 Å². The minimum absolute atomic E-state index is 0.0530. The van der Waals surface area contributed by atoms with Crippen molar-refractivity contribution in [3.05, 3.63) is 72.4 Å². The number of carbonyl (C=O) groups is 4. The zero-order valence-corrected chi connectivity index (χ0v) is 23.5. The average molecular weight is 693 g/mol. The van der Waals surface area contributed by atoms with E-state index in [0.29, 0.717) is 29.3 Å². The van der Waals surface area contributed by atoms with Gasteiger partial charge in [-0.05, 0) is 62.2 Å². The maximum Gasteiger partial charge on any atom is 0.435 e. The number of amides is 4. The second-order valence-corrected chi connectivity index (χ2v) is 9.84. The number of rotatable bonds is 4. The van der Waals surface area contributed by atoms with Crippen LogP contribution in [0.25, 0.3) is 5.82 Å². The number of hydrogen-bond donors (Lipinski definition) is 2. The molecule has 2 N–H and O–H groups in total. The molecule has 10 nitrogen and oxygen atoms in total. The number of benzene rings is 1. The highest BCUT2D eigenvalue weighted by Gasteiger charge is 2.26. The normalized spacial score (nSPS) is 10.5. The molecule has 14 heteroatoms. The molecule has 35 heavy (non-hydrogen) atoms. The van der Waals surface area contributed by atoms with Crippen molar-refractivity contribution in [2.75, 3.05) is 12.4 Å². The fourth-order valence-corrected chi connectivity index (χ4v) is 4.86. The smallest absolute Gasteiger partial charge is 0.435 e. The molecule has 0 fully saturated rings. The molecule has 0 unspecified atom stereocenters. The van der Waals surface area contributed by atoms with Crippen LogP contribution in [0.3, 0.4) is 0 Å². The number of hydrazine groups is 1. The van der Waals surface area contributed by atoms with E-state index in [-0.39, 0.29) is 16.9 Å². The minimum Gasteiger partial charge on any atom is -0.451 e. The molecule has 2 heterocycles. The third kappa shape index (κ3) is 6.10. The Kier molecular flexibility index (Phi) is 8.70. The molecule has 0 aliphatic carbocycles. The maximum atomic E-state index is 13.3. The number of pyridine rings is 1. The number of carbonyl (C=O) groups excluding carboxylic acids is 4. The van der Waals surface area contributed by atoms with E-state index < -0.39 is 23.8 Å². The molecule has 182 valence electrons. The lowest BCUT2D eigenvalue weighted by molar-refractivity contribution is -0.129. The SMILES string of the molecule is COC(=O)N(NC(=O)c1cc(Br)cc(Br)c1NC(=O)c1cc(Br)cn1-c1ncccc1Cl)C(C)=O. The third-order valence-corrected chi connectivity index (χ3v) is 6.22. The largest absolute Gasteiger partial charge is 0.451 e. The van der Waals surface area contributed by atoms with E-state index in [1.807, 2.05) is 0 Å². The summed E-state index contributed by atoms with van der Waals surface area (Å²) in [6, 6.07) is 7.87. The van der Waals surface area contributed by atoms with Crippen molar-refractivity contribution in [2.24, 2.45) is 0 Å². The first kappa shape index (κ1) is 26.9. The number of hydrogen-bond acceptors (Lipinski definition) is 6. The molecule has 0 aliphatic rings. The molecule has 4 amide bonds. The van der Waals surface area contributed by atoms with Crippen molar-refractivity contribution < 1.29 is 23.9 Å². The first-order chi connectivity index (χ1) is 16.5. The number of halogens is 4.